The first-order valence-corrected chi connectivity index (χ1v) is 8.83. The molecule has 4 N–H and O–H groups in total. The molecule has 0 saturated heterocycles. The van der Waals surface area contributed by atoms with Gasteiger partial charge in [-0.15, -0.1) is 0 Å². The summed E-state index contributed by atoms with van der Waals surface area (Å²) < 4.78 is 36.9. The van der Waals surface area contributed by atoms with Crippen molar-refractivity contribution in [1.29, 1.82) is 0 Å². The summed E-state index contributed by atoms with van der Waals surface area (Å²) in [5, 5.41) is 7.39. The fourth-order valence-electron chi connectivity index (χ4n) is 2.34. The SMILES string of the molecule is CC(C)NC(=O)c1cc(-c2nccc(NC(C)(C)C(=O)NCC(F)(F)F)n2)c[nH]1.[HH].[HH]. The number of halogens is 3. The van der Waals surface area contributed by atoms with Gasteiger partial charge in [0, 0.05) is 26.9 Å². The third kappa shape index (κ3) is 6.47. The third-order valence-corrected chi connectivity index (χ3v) is 3.72. The van der Waals surface area contributed by atoms with Crippen molar-refractivity contribution in [3.05, 3.63) is 30.2 Å². The Bertz CT molecular complexity index is 887. The van der Waals surface area contributed by atoms with Crippen LogP contribution >= 0.6 is 0 Å². The molecule has 0 aliphatic carbocycles. The van der Waals surface area contributed by atoms with Crippen molar-refractivity contribution < 1.29 is 25.6 Å². The first-order chi connectivity index (χ1) is 13.4. The van der Waals surface area contributed by atoms with Gasteiger partial charge in [0.05, 0.1) is 0 Å². The molecule has 0 aliphatic rings. The van der Waals surface area contributed by atoms with E-state index in [1.807, 2.05) is 19.2 Å². The van der Waals surface area contributed by atoms with Crippen molar-refractivity contribution in [2.45, 2.75) is 45.5 Å². The molecule has 2 amide bonds. The van der Waals surface area contributed by atoms with Gasteiger partial charge in [0.1, 0.15) is 23.6 Å². The van der Waals surface area contributed by atoms with Gasteiger partial charge < -0.3 is 20.9 Å². The Hall–Kier alpha value is -3.11. The minimum atomic E-state index is -4.50. The van der Waals surface area contributed by atoms with Crippen LogP contribution in [-0.2, 0) is 4.79 Å². The molecule has 0 spiro atoms. The number of hydrogen-bond acceptors (Lipinski definition) is 5. The van der Waals surface area contributed by atoms with Crippen LogP contribution in [-0.4, -0.2) is 51.1 Å². The molecule has 11 heteroatoms. The van der Waals surface area contributed by atoms with E-state index in [1.54, 1.807) is 12.3 Å². The van der Waals surface area contributed by atoms with Crippen LogP contribution in [0, 0.1) is 0 Å². The number of anilines is 1. The van der Waals surface area contributed by atoms with Crippen molar-refractivity contribution in [2.24, 2.45) is 0 Å². The summed E-state index contributed by atoms with van der Waals surface area (Å²) in [6.45, 7) is 5.13. The predicted octanol–water partition coefficient (Wildman–Crippen LogP) is 2.97. The number of rotatable bonds is 7. The van der Waals surface area contributed by atoms with Crippen molar-refractivity contribution in [1.82, 2.24) is 25.6 Å². The second kappa shape index (κ2) is 8.50. The predicted molar refractivity (Wildman–Crippen MR) is 105 cm³/mol. The quantitative estimate of drug-likeness (QED) is 0.554. The van der Waals surface area contributed by atoms with E-state index >= 15 is 0 Å². The van der Waals surface area contributed by atoms with Gasteiger partial charge in [0.2, 0.25) is 5.91 Å². The number of carbonyl (C=O) groups is 2. The third-order valence-electron chi connectivity index (χ3n) is 3.72. The lowest BCUT2D eigenvalue weighted by Crippen LogP contribution is -2.50. The van der Waals surface area contributed by atoms with Crippen LogP contribution in [0.15, 0.2) is 24.5 Å². The summed E-state index contributed by atoms with van der Waals surface area (Å²) in [4.78, 5) is 35.4. The Morgan fingerprint density at radius 3 is 2.59 bits per heavy atom. The molecule has 2 rings (SSSR count). The molecule has 2 heterocycles. The highest BCUT2D eigenvalue weighted by molar-refractivity contribution is 5.94. The Kier molecular flexibility index (Phi) is 6.50. The number of H-pyrrole nitrogens is 1. The summed E-state index contributed by atoms with van der Waals surface area (Å²) in [7, 11) is 0. The maximum atomic E-state index is 12.3. The van der Waals surface area contributed by atoms with Crippen LogP contribution in [0.2, 0.25) is 0 Å². The number of nitrogens with zero attached hydrogens (tertiary/aromatic N) is 2. The Morgan fingerprint density at radius 2 is 1.97 bits per heavy atom. The van der Waals surface area contributed by atoms with Crippen molar-refractivity contribution in [2.75, 3.05) is 11.9 Å². The van der Waals surface area contributed by atoms with Gasteiger partial charge in [-0.25, -0.2) is 9.97 Å². The highest BCUT2D eigenvalue weighted by atomic mass is 19.4. The van der Waals surface area contributed by atoms with E-state index < -0.39 is 24.2 Å². The number of nitrogens with one attached hydrogen (secondary N) is 4. The van der Waals surface area contributed by atoms with Crippen LogP contribution in [0.5, 0.6) is 0 Å². The van der Waals surface area contributed by atoms with Gasteiger partial charge in [0.25, 0.3) is 5.91 Å². The van der Waals surface area contributed by atoms with E-state index in [4.69, 9.17) is 0 Å². The van der Waals surface area contributed by atoms with Crippen LogP contribution in [0.25, 0.3) is 11.4 Å². The zero-order valence-corrected chi connectivity index (χ0v) is 16.4. The lowest BCUT2D eigenvalue weighted by molar-refractivity contribution is -0.140. The van der Waals surface area contributed by atoms with Gasteiger partial charge in [-0.2, -0.15) is 13.2 Å². The number of hydrogen-bond donors (Lipinski definition) is 4. The number of aromatic nitrogens is 3. The summed E-state index contributed by atoms with van der Waals surface area (Å²) in [6.07, 6.45) is -1.49. The van der Waals surface area contributed by atoms with E-state index in [9.17, 15) is 22.8 Å². The van der Waals surface area contributed by atoms with E-state index in [1.165, 1.54) is 26.1 Å². The average molecular weight is 416 g/mol. The largest absolute Gasteiger partial charge is 0.405 e. The average Bonchev–Trinajstić information content (AvgIpc) is 3.08. The molecular weight excluding hydrogens is 389 g/mol. The van der Waals surface area contributed by atoms with E-state index in [0.29, 0.717) is 11.3 Å². The molecular formula is C18H27F3N6O2. The maximum Gasteiger partial charge on any atom is 0.405 e. The van der Waals surface area contributed by atoms with Gasteiger partial charge >= 0.3 is 6.18 Å². The highest BCUT2D eigenvalue weighted by Gasteiger charge is 2.33. The van der Waals surface area contributed by atoms with Crippen molar-refractivity contribution >= 4 is 17.6 Å². The Labute approximate surface area is 168 Å². The lowest BCUT2D eigenvalue weighted by Gasteiger charge is -2.26. The topological polar surface area (TPSA) is 112 Å². The zero-order valence-electron chi connectivity index (χ0n) is 16.4. The van der Waals surface area contributed by atoms with Crippen LogP contribution in [0.4, 0.5) is 19.0 Å². The standard InChI is InChI=1S/C18H23F3N6O2.2H2/c1-10(2)25-15(28)12-7-11(8-23-12)14-22-6-5-13(26-14)27-17(3,4)16(29)24-9-18(19,20)21;;/h5-8,10,23H,9H2,1-4H3,(H,24,29)(H,25,28)(H,22,26,27);2*1H. The molecule has 0 radical (unpaired) electrons. The fourth-order valence-corrected chi connectivity index (χ4v) is 2.34. The van der Waals surface area contributed by atoms with Crippen LogP contribution in [0.1, 0.15) is 41.0 Å². The summed E-state index contributed by atoms with van der Waals surface area (Å²) >= 11 is 0. The molecule has 8 nitrogen and oxygen atoms in total. The van der Waals surface area contributed by atoms with E-state index in [0.717, 1.165) is 0 Å². The lowest BCUT2D eigenvalue weighted by atomic mass is 10.0. The highest BCUT2D eigenvalue weighted by Crippen LogP contribution is 2.20. The molecule has 0 bridgehead atoms. The molecule has 0 saturated carbocycles. The van der Waals surface area contributed by atoms with Crippen LogP contribution < -0.4 is 16.0 Å². The Morgan fingerprint density at radius 1 is 1.28 bits per heavy atom. The van der Waals surface area contributed by atoms with Crippen LogP contribution in [0.3, 0.4) is 0 Å². The summed E-state index contributed by atoms with van der Waals surface area (Å²) in [5.41, 5.74) is -0.471. The van der Waals surface area contributed by atoms with Gasteiger partial charge in [-0.05, 0) is 39.8 Å². The molecule has 162 valence electrons. The van der Waals surface area contributed by atoms with Gasteiger partial charge in [-0.3, -0.25) is 9.59 Å². The minimum absolute atomic E-state index is 0. The number of carbonyl (C=O) groups excluding carboxylic acids is 2. The zero-order chi connectivity index (χ0) is 21.8. The van der Waals surface area contributed by atoms with E-state index in [-0.39, 0.29) is 26.4 Å². The fraction of sp³-hybridized carbons (Fsp3) is 0.444. The van der Waals surface area contributed by atoms with Crippen molar-refractivity contribution in [3.8, 4) is 11.4 Å². The molecule has 29 heavy (non-hydrogen) atoms. The molecule has 0 aliphatic heterocycles. The number of amides is 2. The first kappa shape index (κ1) is 22.2. The molecule has 0 atom stereocenters. The molecule has 0 aromatic carbocycles. The second-order valence-electron chi connectivity index (χ2n) is 7.24. The number of aromatic amines is 1. The molecule has 0 fully saturated rings. The Balaban J connectivity index is 0.00000450. The normalized spacial score (nSPS) is 12.0. The summed E-state index contributed by atoms with van der Waals surface area (Å²) in [5.74, 6) is -0.579. The molecule has 2 aromatic heterocycles. The smallest absolute Gasteiger partial charge is 0.356 e. The minimum Gasteiger partial charge on any atom is -0.356 e. The van der Waals surface area contributed by atoms with E-state index in [2.05, 4.69) is 25.6 Å². The van der Waals surface area contributed by atoms with Gasteiger partial charge in [-0.1, -0.05) is 0 Å². The van der Waals surface area contributed by atoms with Crippen molar-refractivity contribution in [3.63, 3.8) is 0 Å². The first-order valence-electron chi connectivity index (χ1n) is 8.83. The molecule has 0 unspecified atom stereocenters. The maximum absolute atomic E-state index is 12.3. The van der Waals surface area contributed by atoms with Gasteiger partial charge in [0.15, 0.2) is 5.82 Å². The second-order valence-corrected chi connectivity index (χ2v) is 7.24. The molecule has 2 aromatic rings. The monoisotopic (exact) mass is 416 g/mol. The summed E-state index contributed by atoms with van der Waals surface area (Å²) in [6, 6.07) is 3.04. The number of alkyl halides is 3.